The van der Waals surface area contributed by atoms with E-state index in [0.717, 1.165) is 39.0 Å². The molecule has 0 aromatic heterocycles. The highest BCUT2D eigenvalue weighted by molar-refractivity contribution is 6.33. The number of hydrogen-bond donors (Lipinski definition) is 3. The van der Waals surface area contributed by atoms with Crippen LogP contribution in [0.25, 0.3) is 0 Å². The van der Waals surface area contributed by atoms with Crippen molar-refractivity contribution in [1.82, 2.24) is 15.5 Å². The van der Waals surface area contributed by atoms with Crippen LogP contribution in [-0.2, 0) is 4.74 Å². The van der Waals surface area contributed by atoms with Crippen LogP contribution in [0, 0.1) is 11.8 Å². The number of ether oxygens (including phenoxy) is 2. The van der Waals surface area contributed by atoms with E-state index in [9.17, 15) is 4.79 Å². The van der Waals surface area contributed by atoms with Crippen molar-refractivity contribution in [1.29, 1.82) is 0 Å². The molecule has 0 radical (unpaired) electrons. The number of halogens is 1. The number of hydrogen-bond acceptors (Lipinski definition) is 6. The molecule has 2 heterocycles. The maximum atomic E-state index is 13.0. The summed E-state index contributed by atoms with van der Waals surface area (Å²) in [4.78, 5) is 15.4. The van der Waals surface area contributed by atoms with Crippen molar-refractivity contribution in [3.63, 3.8) is 0 Å². The van der Waals surface area contributed by atoms with E-state index in [4.69, 9.17) is 26.8 Å². The number of nitrogens with two attached hydrogens (primary N) is 1. The van der Waals surface area contributed by atoms with Crippen molar-refractivity contribution in [3.8, 4) is 5.75 Å². The van der Waals surface area contributed by atoms with Crippen LogP contribution in [0.5, 0.6) is 5.75 Å². The molecule has 4 N–H and O–H groups in total. The van der Waals surface area contributed by atoms with Gasteiger partial charge in [0, 0.05) is 45.1 Å². The molecule has 3 atom stereocenters. The Morgan fingerprint density at radius 2 is 2.16 bits per heavy atom. The Kier molecular flexibility index (Phi) is 8.68. The fraction of sp³-hybridized carbons (Fsp3) is 0.625. The zero-order valence-electron chi connectivity index (χ0n) is 19.6. The number of likely N-dealkylation sites (tertiary alicyclic amines) is 1. The molecule has 1 aromatic carbocycles. The number of methoxy groups -OCH3 is 2. The van der Waals surface area contributed by atoms with E-state index < -0.39 is 0 Å². The average molecular weight is 465 g/mol. The number of nitrogens with zero attached hydrogens (tertiary/aromatic N) is 1. The van der Waals surface area contributed by atoms with Crippen LogP contribution in [0.2, 0.25) is 5.02 Å². The van der Waals surface area contributed by atoms with Crippen LogP contribution in [0.1, 0.15) is 43.5 Å². The van der Waals surface area contributed by atoms with E-state index in [-0.39, 0.29) is 18.1 Å². The van der Waals surface area contributed by atoms with Crippen molar-refractivity contribution < 1.29 is 14.3 Å². The smallest absolute Gasteiger partial charge is 0.255 e. The van der Waals surface area contributed by atoms with E-state index in [0.29, 0.717) is 33.9 Å². The van der Waals surface area contributed by atoms with Crippen molar-refractivity contribution in [2.24, 2.45) is 11.8 Å². The fourth-order valence-corrected chi connectivity index (χ4v) is 4.85. The second kappa shape index (κ2) is 11.3. The second-order valence-corrected chi connectivity index (χ2v) is 9.61. The zero-order chi connectivity index (χ0) is 23.3. The van der Waals surface area contributed by atoms with Crippen LogP contribution >= 0.6 is 11.6 Å². The van der Waals surface area contributed by atoms with Gasteiger partial charge >= 0.3 is 0 Å². The lowest BCUT2D eigenvalue weighted by Gasteiger charge is -2.40. The third-order valence-corrected chi connectivity index (χ3v) is 6.62. The molecular weight excluding hydrogens is 428 g/mol. The number of rotatable bonds is 7. The fourth-order valence-electron chi connectivity index (χ4n) is 4.68. The van der Waals surface area contributed by atoms with Gasteiger partial charge in [-0.2, -0.15) is 0 Å². The number of carbonyl (C=O) groups excluding carboxylic acids is 1. The minimum absolute atomic E-state index is 0.0738. The summed E-state index contributed by atoms with van der Waals surface area (Å²) in [5, 5.41) is 7.00. The number of benzene rings is 1. The third-order valence-electron chi connectivity index (χ3n) is 6.29. The average Bonchev–Trinajstić information content (AvgIpc) is 2.76. The van der Waals surface area contributed by atoms with Crippen molar-refractivity contribution in [2.45, 2.75) is 45.3 Å². The highest BCUT2D eigenvalue weighted by Gasteiger charge is 2.32. The number of nitrogen functional groups attached to an aromatic ring is 1. The topological polar surface area (TPSA) is 88.8 Å². The Bertz CT molecular complexity index is 830. The van der Waals surface area contributed by atoms with Crippen LogP contribution < -0.4 is 21.1 Å². The van der Waals surface area contributed by atoms with Gasteiger partial charge in [0.15, 0.2) is 0 Å². The lowest BCUT2D eigenvalue weighted by Crippen LogP contribution is -2.55. The molecule has 8 heteroatoms. The van der Waals surface area contributed by atoms with Gasteiger partial charge in [-0.1, -0.05) is 31.5 Å². The summed E-state index contributed by atoms with van der Waals surface area (Å²) in [5.74, 6) is 1.38. The predicted molar refractivity (Wildman–Crippen MR) is 129 cm³/mol. The summed E-state index contributed by atoms with van der Waals surface area (Å²) >= 11 is 6.13. The Morgan fingerprint density at radius 3 is 2.84 bits per heavy atom. The van der Waals surface area contributed by atoms with Gasteiger partial charge in [0.2, 0.25) is 0 Å². The van der Waals surface area contributed by atoms with Crippen molar-refractivity contribution >= 4 is 23.2 Å². The first-order valence-electron chi connectivity index (χ1n) is 11.4. The molecule has 0 spiro atoms. The molecule has 7 nitrogen and oxygen atoms in total. The zero-order valence-corrected chi connectivity index (χ0v) is 20.4. The van der Waals surface area contributed by atoms with Gasteiger partial charge in [0.05, 0.1) is 35.5 Å². The molecular formula is C24H37ClN4O3. The highest BCUT2D eigenvalue weighted by Crippen LogP contribution is 2.29. The van der Waals surface area contributed by atoms with E-state index in [1.165, 1.54) is 19.2 Å². The number of piperidine rings is 2. The predicted octanol–water partition coefficient (Wildman–Crippen LogP) is 3.29. The van der Waals surface area contributed by atoms with E-state index in [2.05, 4.69) is 35.5 Å². The maximum absolute atomic E-state index is 13.0. The van der Waals surface area contributed by atoms with Gasteiger partial charge in [0.25, 0.3) is 5.91 Å². The van der Waals surface area contributed by atoms with Crippen LogP contribution in [0.3, 0.4) is 0 Å². The molecule has 178 valence electrons. The van der Waals surface area contributed by atoms with E-state index >= 15 is 0 Å². The quantitative estimate of drug-likeness (QED) is 0.536. The molecule has 0 aliphatic carbocycles. The summed E-state index contributed by atoms with van der Waals surface area (Å²) in [6.45, 7) is 8.25. The first-order chi connectivity index (χ1) is 15.3. The van der Waals surface area contributed by atoms with Crippen LogP contribution in [0.15, 0.2) is 23.9 Å². The molecule has 2 aliphatic heterocycles. The summed E-state index contributed by atoms with van der Waals surface area (Å²) in [6.07, 6.45) is 5.37. The number of amides is 1. The minimum Gasteiger partial charge on any atom is -0.496 e. The first kappa shape index (κ1) is 24.7. The largest absolute Gasteiger partial charge is 0.496 e. The van der Waals surface area contributed by atoms with Crippen LogP contribution in [-0.4, -0.2) is 63.4 Å². The number of allylic oxidation sites excluding steroid dienone is 2. The molecule has 2 fully saturated rings. The lowest BCUT2D eigenvalue weighted by atomic mass is 9.92. The number of carbonyl (C=O) groups is 1. The molecule has 1 aromatic rings. The highest BCUT2D eigenvalue weighted by atomic mass is 35.5. The summed E-state index contributed by atoms with van der Waals surface area (Å²) < 4.78 is 11.1. The molecule has 32 heavy (non-hydrogen) atoms. The summed E-state index contributed by atoms with van der Waals surface area (Å²) in [7, 11) is 3.22. The molecule has 0 saturated carbocycles. The third kappa shape index (κ3) is 6.30. The second-order valence-electron chi connectivity index (χ2n) is 9.20. The van der Waals surface area contributed by atoms with Gasteiger partial charge in [-0.25, -0.2) is 0 Å². The van der Waals surface area contributed by atoms with Gasteiger partial charge < -0.3 is 30.7 Å². The normalized spacial score (nSPS) is 25.6. The molecule has 2 saturated heterocycles. The molecule has 1 amide bonds. The summed E-state index contributed by atoms with van der Waals surface area (Å²) in [6, 6.07) is 3.06. The summed E-state index contributed by atoms with van der Waals surface area (Å²) in [5.41, 5.74) is 7.97. The van der Waals surface area contributed by atoms with Crippen molar-refractivity contribution in [2.75, 3.05) is 46.1 Å². The number of anilines is 1. The molecule has 3 rings (SSSR count). The van der Waals surface area contributed by atoms with Gasteiger partial charge in [-0.3, -0.25) is 4.79 Å². The van der Waals surface area contributed by atoms with E-state index in [1.807, 2.05) is 0 Å². The van der Waals surface area contributed by atoms with Crippen molar-refractivity contribution in [3.05, 3.63) is 34.5 Å². The Hall–Kier alpha value is -1.96. The molecule has 2 aliphatic rings. The standard InChI is InChI=1S/C24H37ClN4O3/c1-15(2)9-17-10-16(5-7-27-17)13-29-8-6-21(23(14-29)32-4)28-24(30)18-11-19(25)20(26)12-22(18)31-3/h9,11-12,15-16,21,23,27H,5-8,10,13-14,26H2,1-4H3,(H,28,30)/t16?,21-,23+/m0/s1. The van der Waals surface area contributed by atoms with Gasteiger partial charge in [0.1, 0.15) is 5.75 Å². The lowest BCUT2D eigenvalue weighted by molar-refractivity contribution is 0.00116. The van der Waals surface area contributed by atoms with Crippen LogP contribution in [0.4, 0.5) is 5.69 Å². The Balaban J connectivity index is 1.59. The van der Waals surface area contributed by atoms with Gasteiger partial charge in [-0.05, 0) is 37.2 Å². The molecule has 0 bridgehead atoms. The monoisotopic (exact) mass is 464 g/mol. The molecule has 1 unspecified atom stereocenters. The maximum Gasteiger partial charge on any atom is 0.255 e. The SMILES string of the molecule is COc1cc(N)c(Cl)cc1C(=O)N[C@H]1CCN(CC2CCNC(=CC(C)C)C2)C[C@H]1OC. The number of nitrogens with one attached hydrogen (secondary N) is 2. The Morgan fingerprint density at radius 1 is 1.38 bits per heavy atom. The van der Waals surface area contributed by atoms with Gasteiger partial charge in [-0.15, -0.1) is 0 Å². The first-order valence-corrected chi connectivity index (χ1v) is 11.8. The minimum atomic E-state index is -0.230. The Labute approximate surface area is 196 Å². The van der Waals surface area contributed by atoms with E-state index in [1.54, 1.807) is 19.2 Å².